The molecule has 0 aliphatic carbocycles. The number of benzene rings is 14. The lowest BCUT2D eigenvalue weighted by Crippen LogP contribution is -2.02. The fourth-order valence-electron chi connectivity index (χ4n) is 13.6. The first kappa shape index (κ1) is 45.2. The van der Waals surface area contributed by atoms with Crippen LogP contribution in [0.3, 0.4) is 0 Å². The molecule has 0 aliphatic heterocycles. The highest BCUT2D eigenvalue weighted by Crippen LogP contribution is 2.46. The third-order valence-electron chi connectivity index (χ3n) is 18.1. The Kier molecular flexibility index (Phi) is 10.2. The summed E-state index contributed by atoms with van der Waals surface area (Å²) >= 11 is 1.56. The molecule has 0 amide bonds. The third kappa shape index (κ3) is 8.82. The normalized spacial score (nSPS) is 13.2. The standard InChI is InChI=1S/C43H24N4O.C43H24N4S/c1-44-33-17-9-16-32(20-33)42-45-40-34-19-18-31(26-10-3-2-4-11-26)25-39(34)48-41(40)43(46-42)47-37-23-29-14-7-5-12-27(29)21-35(37)36-22-28-13-6-8-15-30(28)24-38(36)47;1-44-32-19-15-28(16-20-32)42-45-39-36-24-31(26-9-3-2-4-10-26)18-22-38(36)48-41(39)43(46-42)47-37-25-30-13-6-5-12-29(30)23-35(37)34-21-17-27-11-7-8-14-33(27)40(34)47/h2*2-25H/i2D,3D,4D,10D,11D;2D,3D,4D,9D,10D. The van der Waals surface area contributed by atoms with Gasteiger partial charge in [0.05, 0.1) is 59.1 Å². The average molecular weight is 1250 g/mol. The number of nitrogens with zero attached hydrogens (tertiary/aromatic N) is 8. The fraction of sp³-hybridized carbons (Fsp3) is 0. The molecule has 0 spiro atoms. The second-order valence-electron chi connectivity index (χ2n) is 23.5. The summed E-state index contributed by atoms with van der Waals surface area (Å²) in [4.78, 5) is 28.0. The van der Waals surface area contributed by atoms with E-state index < -0.39 is 24.2 Å². The molecule has 20 rings (SSSR count). The second kappa shape index (κ2) is 21.8. The van der Waals surface area contributed by atoms with Gasteiger partial charge in [-0.25, -0.2) is 29.6 Å². The van der Waals surface area contributed by atoms with Crippen molar-refractivity contribution in [2.24, 2.45) is 0 Å². The van der Waals surface area contributed by atoms with Crippen molar-refractivity contribution in [1.82, 2.24) is 29.1 Å². The molecule has 0 radical (unpaired) electrons. The molecule has 0 saturated carbocycles. The van der Waals surface area contributed by atoms with Crippen molar-refractivity contribution in [1.29, 1.82) is 0 Å². The summed E-state index contributed by atoms with van der Waals surface area (Å²) in [6.07, 6.45) is 0. The zero-order chi connectivity index (χ0) is 72.2. The minimum absolute atomic E-state index is 0.0856. The minimum Gasteiger partial charge on any atom is -0.450 e. The summed E-state index contributed by atoms with van der Waals surface area (Å²) in [5.74, 6) is 2.10. The van der Waals surface area contributed by atoms with Crippen LogP contribution in [-0.4, -0.2) is 29.1 Å². The molecule has 20 aromatic rings. The van der Waals surface area contributed by atoms with Gasteiger partial charge in [0.15, 0.2) is 40.2 Å². The minimum atomic E-state index is -0.449. The Morgan fingerprint density at radius 2 is 0.875 bits per heavy atom. The average Bonchev–Trinajstić information content (AvgIpc) is 1.54. The van der Waals surface area contributed by atoms with E-state index in [0.717, 1.165) is 107 Å². The topological polar surface area (TPSA) is 83.3 Å². The van der Waals surface area contributed by atoms with Gasteiger partial charge in [-0.15, -0.1) is 11.3 Å². The lowest BCUT2D eigenvalue weighted by molar-refractivity contribution is 0.662. The molecule has 10 heteroatoms. The van der Waals surface area contributed by atoms with Gasteiger partial charge in [-0.3, -0.25) is 9.13 Å². The molecule has 96 heavy (non-hydrogen) atoms. The largest absolute Gasteiger partial charge is 0.450 e. The van der Waals surface area contributed by atoms with Crippen molar-refractivity contribution in [3.63, 3.8) is 0 Å². The van der Waals surface area contributed by atoms with E-state index in [4.69, 9.17) is 51.2 Å². The Hall–Kier alpha value is -13.1. The molecule has 6 heterocycles. The first-order chi connectivity index (χ1) is 51.6. The van der Waals surface area contributed by atoms with Crippen molar-refractivity contribution >= 4 is 152 Å². The first-order valence-corrected chi connectivity index (χ1v) is 31.7. The molecule has 0 saturated heterocycles. The molecule has 14 aromatic carbocycles. The maximum atomic E-state index is 8.67. The zero-order valence-corrected chi connectivity index (χ0v) is 51.2. The lowest BCUT2D eigenvalue weighted by Gasteiger charge is -2.12. The number of rotatable bonds is 6. The van der Waals surface area contributed by atoms with Crippen molar-refractivity contribution in [3.05, 3.63) is 314 Å². The van der Waals surface area contributed by atoms with E-state index in [0.29, 0.717) is 78.9 Å². The second-order valence-corrected chi connectivity index (χ2v) is 24.6. The molecule has 444 valence electrons. The van der Waals surface area contributed by atoms with Gasteiger partial charge in [0.25, 0.3) is 0 Å². The highest BCUT2D eigenvalue weighted by Gasteiger charge is 2.26. The number of furan rings is 1. The van der Waals surface area contributed by atoms with Gasteiger partial charge in [0, 0.05) is 53.5 Å². The molecule has 0 aliphatic rings. The molecule has 9 nitrogen and oxygen atoms in total. The van der Waals surface area contributed by atoms with E-state index in [-0.39, 0.29) is 47.4 Å². The van der Waals surface area contributed by atoms with Crippen LogP contribution in [0, 0.1) is 13.1 Å². The Morgan fingerprint density at radius 1 is 0.354 bits per heavy atom. The summed E-state index contributed by atoms with van der Waals surface area (Å²) in [7, 11) is 0. The van der Waals surface area contributed by atoms with Gasteiger partial charge in [-0.2, -0.15) is 0 Å². The van der Waals surface area contributed by atoms with Crippen LogP contribution < -0.4 is 0 Å². The number of aromatic nitrogens is 6. The third-order valence-corrected chi connectivity index (χ3v) is 19.3. The Morgan fingerprint density at radius 3 is 1.51 bits per heavy atom. The summed E-state index contributed by atoms with van der Waals surface area (Å²) in [6.45, 7) is 15.1. The summed E-state index contributed by atoms with van der Waals surface area (Å²) in [6, 6.07) is 72.5. The van der Waals surface area contributed by atoms with Gasteiger partial charge in [0.1, 0.15) is 11.1 Å². The molecular weight excluding hydrogens is 1190 g/mol. The van der Waals surface area contributed by atoms with Crippen LogP contribution in [0.25, 0.3) is 195 Å². The van der Waals surface area contributed by atoms with Crippen molar-refractivity contribution < 1.29 is 18.1 Å². The number of thiophene rings is 1. The number of hydrogen-bond donors (Lipinski definition) is 0. The molecule has 6 aromatic heterocycles. The van der Waals surface area contributed by atoms with Gasteiger partial charge in [0.2, 0.25) is 0 Å². The molecule has 0 unspecified atom stereocenters. The predicted octanol–water partition coefficient (Wildman–Crippen LogP) is 23.8. The van der Waals surface area contributed by atoms with E-state index in [9.17, 15) is 0 Å². The van der Waals surface area contributed by atoms with Crippen LogP contribution in [-0.2, 0) is 0 Å². The maximum absolute atomic E-state index is 8.67. The van der Waals surface area contributed by atoms with Crippen LogP contribution in [0.4, 0.5) is 11.4 Å². The van der Waals surface area contributed by atoms with Gasteiger partial charge in [-0.05, 0) is 127 Å². The van der Waals surface area contributed by atoms with Crippen molar-refractivity contribution in [2.45, 2.75) is 0 Å². The first-order valence-electron chi connectivity index (χ1n) is 35.9. The van der Waals surface area contributed by atoms with Crippen molar-refractivity contribution in [3.8, 4) is 56.7 Å². The van der Waals surface area contributed by atoms with Crippen LogP contribution in [0.15, 0.2) is 295 Å². The van der Waals surface area contributed by atoms with E-state index in [1.165, 1.54) is 0 Å². The molecule has 0 bridgehead atoms. The fourth-order valence-corrected chi connectivity index (χ4v) is 14.7. The predicted molar refractivity (Wildman–Crippen MR) is 397 cm³/mol. The Bertz CT molecular complexity index is 7250. The van der Waals surface area contributed by atoms with Gasteiger partial charge in [-0.1, -0.05) is 224 Å². The SMILES string of the molecule is [2H]c1c([2H])c([2H])c(-c2ccc3c(c2)oc2c(-n4c5cc6ccccc6cc5c5cc6ccccc6cc54)nc(-c4cccc([N+]#[C-])c4)nc23)c([2H])c1[2H].[2H]c1c([2H])c([2H])c(-c2ccc3sc4c(-n5c6cc7ccccc7cc6c6ccc7ccccc7c65)nc(-c5ccc([N+]#[C-])cc5)nc4c3c2)c([2H])c1[2H]. The van der Waals surface area contributed by atoms with E-state index in [2.05, 4.69) is 128 Å². The number of fused-ring (bicyclic) bond motifs is 17. The summed E-state index contributed by atoms with van der Waals surface area (Å²) in [5.41, 5.74) is 9.49. The molecule has 0 fully saturated rings. The highest BCUT2D eigenvalue weighted by atomic mass is 32.1. The van der Waals surface area contributed by atoms with E-state index in [1.807, 2.05) is 78.9 Å². The lowest BCUT2D eigenvalue weighted by atomic mass is 10.0. The molecular formula is C86H48N8OS. The Balaban J connectivity index is 0.000000145. The Labute approximate surface area is 566 Å². The highest BCUT2D eigenvalue weighted by molar-refractivity contribution is 7.26. The van der Waals surface area contributed by atoms with Crippen molar-refractivity contribution in [2.75, 3.05) is 0 Å². The quantitative estimate of drug-likeness (QED) is 0.155. The summed E-state index contributed by atoms with van der Waals surface area (Å²) < 4.78 is 96.6. The monoisotopic (exact) mass is 1250 g/mol. The molecule has 0 atom stereocenters. The van der Waals surface area contributed by atoms with E-state index >= 15 is 0 Å². The maximum Gasteiger partial charge on any atom is 0.197 e. The number of hydrogen-bond acceptors (Lipinski definition) is 6. The smallest absolute Gasteiger partial charge is 0.197 e. The van der Waals surface area contributed by atoms with Gasteiger partial charge < -0.3 is 4.42 Å². The molecule has 0 N–H and O–H groups in total. The van der Waals surface area contributed by atoms with Gasteiger partial charge >= 0.3 is 0 Å². The van der Waals surface area contributed by atoms with Crippen LogP contribution in [0.2, 0.25) is 0 Å². The summed E-state index contributed by atoms with van der Waals surface area (Å²) in [5, 5.41) is 14.5. The van der Waals surface area contributed by atoms with E-state index in [1.54, 1.807) is 53.8 Å². The zero-order valence-electron chi connectivity index (χ0n) is 60.3. The van der Waals surface area contributed by atoms with Crippen LogP contribution in [0.1, 0.15) is 13.7 Å². The van der Waals surface area contributed by atoms with Crippen LogP contribution >= 0.6 is 11.3 Å². The van der Waals surface area contributed by atoms with Crippen LogP contribution in [0.5, 0.6) is 0 Å².